The predicted molar refractivity (Wildman–Crippen MR) is 98.1 cm³/mol. The lowest BCUT2D eigenvalue weighted by atomic mass is 10.0. The number of halogens is 4. The van der Waals surface area contributed by atoms with E-state index < -0.39 is 23.5 Å². The van der Waals surface area contributed by atoms with Crippen LogP contribution in [0.15, 0.2) is 42.7 Å². The van der Waals surface area contributed by atoms with E-state index in [4.69, 9.17) is 9.47 Å². The van der Waals surface area contributed by atoms with Crippen LogP contribution in [0.5, 0.6) is 5.88 Å². The normalized spacial score (nSPS) is 11.4. The molecular weight excluding hydrogens is 406 g/mol. The Bertz CT molecular complexity index is 1060. The molecule has 0 N–H and O–H groups in total. The molecule has 3 aromatic rings. The Labute approximate surface area is 169 Å². The molecule has 0 amide bonds. The largest absolute Gasteiger partial charge is 0.479 e. The van der Waals surface area contributed by atoms with E-state index in [-0.39, 0.29) is 30.0 Å². The lowest BCUT2D eigenvalue weighted by Gasteiger charge is -2.10. The van der Waals surface area contributed by atoms with Gasteiger partial charge in [-0.2, -0.15) is 13.2 Å². The number of rotatable bonds is 6. The van der Waals surface area contributed by atoms with Gasteiger partial charge in [-0.15, -0.1) is 5.10 Å². The summed E-state index contributed by atoms with van der Waals surface area (Å²) in [5.74, 6) is -1.24. The average Bonchev–Trinajstić information content (AvgIpc) is 3.12. The van der Waals surface area contributed by atoms with Crippen LogP contribution in [-0.4, -0.2) is 34.5 Å². The Morgan fingerprint density at radius 1 is 1.17 bits per heavy atom. The number of esters is 1. The van der Waals surface area contributed by atoms with Crippen molar-refractivity contribution in [2.75, 3.05) is 13.7 Å². The van der Waals surface area contributed by atoms with E-state index in [0.717, 1.165) is 12.1 Å². The fraction of sp³-hybridized carbons (Fsp3) is 0.250. The number of methoxy groups -OCH3 is 1. The summed E-state index contributed by atoms with van der Waals surface area (Å²) < 4.78 is 63.8. The fourth-order valence-electron chi connectivity index (χ4n) is 2.82. The minimum absolute atomic E-state index is 0.0412. The van der Waals surface area contributed by atoms with Crippen molar-refractivity contribution in [2.45, 2.75) is 19.5 Å². The minimum atomic E-state index is -4.64. The number of alkyl halides is 3. The first-order valence-electron chi connectivity index (χ1n) is 8.84. The van der Waals surface area contributed by atoms with Crippen molar-refractivity contribution in [1.29, 1.82) is 0 Å². The molecule has 0 bridgehead atoms. The number of ether oxygens (including phenoxy) is 2. The highest BCUT2D eigenvalue weighted by Crippen LogP contribution is 2.31. The van der Waals surface area contributed by atoms with Crippen LogP contribution in [0.2, 0.25) is 0 Å². The van der Waals surface area contributed by atoms with Gasteiger partial charge < -0.3 is 9.47 Å². The van der Waals surface area contributed by atoms with Crippen LogP contribution in [0, 0.1) is 5.82 Å². The smallest absolute Gasteiger partial charge is 0.416 e. The van der Waals surface area contributed by atoms with Gasteiger partial charge in [-0.25, -0.2) is 18.9 Å². The van der Waals surface area contributed by atoms with E-state index in [2.05, 4.69) is 10.1 Å². The summed E-state index contributed by atoms with van der Waals surface area (Å²) in [4.78, 5) is 16.2. The zero-order valence-corrected chi connectivity index (χ0v) is 16.0. The van der Waals surface area contributed by atoms with Crippen LogP contribution < -0.4 is 4.74 Å². The quantitative estimate of drug-likeness (QED) is 0.439. The number of hydrogen-bond donors (Lipinski definition) is 0. The standard InChI is InChI=1S/C20H17F4N3O3/c1-3-30-19(28)16-11-27(26-18(16)29-2)17-9-12(4-5-25-17)6-13-7-14(20(22,23)24)10-15(21)8-13/h4-5,7-11H,3,6H2,1-2H3. The van der Waals surface area contributed by atoms with Crippen molar-refractivity contribution in [3.8, 4) is 11.7 Å². The van der Waals surface area contributed by atoms with Crippen molar-refractivity contribution in [3.63, 3.8) is 0 Å². The molecule has 0 spiro atoms. The highest BCUT2D eigenvalue weighted by atomic mass is 19.4. The molecule has 6 nitrogen and oxygen atoms in total. The number of hydrogen-bond acceptors (Lipinski definition) is 5. The summed E-state index contributed by atoms with van der Waals surface area (Å²) in [6.45, 7) is 1.84. The third-order valence-corrected chi connectivity index (χ3v) is 4.11. The van der Waals surface area contributed by atoms with E-state index in [0.29, 0.717) is 17.4 Å². The van der Waals surface area contributed by atoms with Gasteiger partial charge in [-0.05, 0) is 54.8 Å². The molecule has 0 atom stereocenters. The van der Waals surface area contributed by atoms with E-state index in [9.17, 15) is 22.4 Å². The Kier molecular flexibility index (Phi) is 6.04. The van der Waals surface area contributed by atoms with Gasteiger partial charge in [0.2, 0.25) is 5.88 Å². The van der Waals surface area contributed by atoms with Crippen LogP contribution in [0.25, 0.3) is 5.82 Å². The molecule has 2 heterocycles. The van der Waals surface area contributed by atoms with Crippen LogP contribution in [0.4, 0.5) is 17.6 Å². The summed E-state index contributed by atoms with van der Waals surface area (Å²) in [6, 6.07) is 5.56. The van der Waals surface area contributed by atoms with Crippen molar-refractivity contribution >= 4 is 5.97 Å². The first kappa shape index (κ1) is 21.3. The van der Waals surface area contributed by atoms with E-state index in [1.54, 1.807) is 19.1 Å². The average molecular weight is 423 g/mol. The highest BCUT2D eigenvalue weighted by molar-refractivity contribution is 5.91. The molecule has 3 rings (SSSR count). The molecule has 1 aromatic carbocycles. The van der Waals surface area contributed by atoms with Crippen LogP contribution >= 0.6 is 0 Å². The molecule has 0 unspecified atom stereocenters. The van der Waals surface area contributed by atoms with E-state index in [1.165, 1.54) is 24.2 Å². The van der Waals surface area contributed by atoms with Crippen molar-refractivity contribution in [1.82, 2.24) is 14.8 Å². The van der Waals surface area contributed by atoms with Crippen LogP contribution in [0.1, 0.15) is 34.0 Å². The lowest BCUT2D eigenvalue weighted by Crippen LogP contribution is -2.07. The number of aromatic nitrogens is 3. The number of nitrogens with zero attached hydrogens (tertiary/aromatic N) is 3. The second-order valence-corrected chi connectivity index (χ2v) is 6.26. The Hall–Kier alpha value is -3.43. The molecular formula is C20H17F4N3O3. The Morgan fingerprint density at radius 3 is 2.60 bits per heavy atom. The van der Waals surface area contributed by atoms with Crippen molar-refractivity contribution in [3.05, 3.63) is 70.8 Å². The molecule has 10 heteroatoms. The molecule has 0 radical (unpaired) electrons. The van der Waals surface area contributed by atoms with Gasteiger partial charge >= 0.3 is 12.1 Å². The Balaban J connectivity index is 1.91. The zero-order chi connectivity index (χ0) is 21.9. The molecule has 0 aliphatic heterocycles. The number of benzene rings is 1. The molecule has 0 fully saturated rings. The molecule has 158 valence electrons. The maximum absolute atomic E-state index is 13.6. The fourth-order valence-corrected chi connectivity index (χ4v) is 2.82. The first-order valence-corrected chi connectivity index (χ1v) is 8.84. The molecule has 0 aliphatic rings. The second kappa shape index (κ2) is 8.52. The maximum atomic E-state index is 13.6. The Morgan fingerprint density at radius 2 is 1.93 bits per heavy atom. The number of carbonyl (C=O) groups is 1. The van der Waals surface area contributed by atoms with Crippen molar-refractivity contribution < 1.29 is 31.8 Å². The molecule has 0 saturated carbocycles. The summed E-state index contributed by atoms with van der Waals surface area (Å²) in [6.07, 6.45) is -1.78. The van der Waals surface area contributed by atoms with Gasteiger partial charge in [0.25, 0.3) is 0 Å². The molecule has 30 heavy (non-hydrogen) atoms. The predicted octanol–water partition coefficient (Wildman–Crippen LogP) is 4.20. The van der Waals surface area contributed by atoms with Gasteiger partial charge in [0, 0.05) is 6.20 Å². The van der Waals surface area contributed by atoms with Gasteiger partial charge in [0.1, 0.15) is 11.4 Å². The van der Waals surface area contributed by atoms with Gasteiger partial charge in [-0.1, -0.05) is 0 Å². The summed E-state index contributed by atoms with van der Waals surface area (Å²) >= 11 is 0. The van der Waals surface area contributed by atoms with E-state index >= 15 is 0 Å². The van der Waals surface area contributed by atoms with Crippen LogP contribution in [-0.2, 0) is 17.3 Å². The van der Waals surface area contributed by atoms with E-state index in [1.807, 2.05) is 0 Å². The lowest BCUT2D eigenvalue weighted by molar-refractivity contribution is -0.137. The first-order chi connectivity index (χ1) is 14.2. The molecule has 0 saturated heterocycles. The number of pyridine rings is 1. The van der Waals surface area contributed by atoms with Crippen LogP contribution in [0.3, 0.4) is 0 Å². The highest BCUT2D eigenvalue weighted by Gasteiger charge is 2.31. The SMILES string of the molecule is CCOC(=O)c1cn(-c2cc(Cc3cc(F)cc(C(F)(F)F)c3)ccn2)nc1OC. The molecule has 2 aromatic heterocycles. The van der Waals surface area contributed by atoms with Crippen molar-refractivity contribution in [2.24, 2.45) is 0 Å². The summed E-state index contributed by atoms with van der Waals surface area (Å²) in [5, 5.41) is 4.13. The zero-order valence-electron chi connectivity index (χ0n) is 16.0. The summed E-state index contributed by atoms with van der Waals surface area (Å²) in [5.41, 5.74) is -0.218. The minimum Gasteiger partial charge on any atom is -0.479 e. The van der Waals surface area contributed by atoms with Gasteiger partial charge in [0.15, 0.2) is 5.82 Å². The topological polar surface area (TPSA) is 66.2 Å². The van der Waals surface area contributed by atoms with Gasteiger partial charge in [0.05, 0.1) is 25.5 Å². The summed E-state index contributed by atoms with van der Waals surface area (Å²) in [7, 11) is 1.35. The van der Waals surface area contributed by atoms with Gasteiger partial charge in [-0.3, -0.25) is 0 Å². The maximum Gasteiger partial charge on any atom is 0.416 e. The third kappa shape index (κ3) is 4.76. The molecule has 0 aliphatic carbocycles. The monoisotopic (exact) mass is 423 g/mol. The number of carbonyl (C=O) groups excluding carboxylic acids is 1. The third-order valence-electron chi connectivity index (χ3n) is 4.11. The second-order valence-electron chi connectivity index (χ2n) is 6.26.